The van der Waals surface area contributed by atoms with Gasteiger partial charge in [0, 0.05) is 3.57 Å². The third-order valence-corrected chi connectivity index (χ3v) is 3.39. The summed E-state index contributed by atoms with van der Waals surface area (Å²) in [7, 11) is 0. The fourth-order valence-electron chi connectivity index (χ4n) is 1.56. The first-order valence-electron chi connectivity index (χ1n) is 5.89. The first kappa shape index (κ1) is 14.2. The lowest BCUT2D eigenvalue weighted by atomic mass is 10.3. The molecule has 0 bridgehead atoms. The molecule has 5 nitrogen and oxygen atoms in total. The monoisotopic (exact) mass is 376 g/mol. The van der Waals surface area contributed by atoms with E-state index < -0.39 is 0 Å². The van der Waals surface area contributed by atoms with E-state index in [0.717, 1.165) is 15.8 Å². The Labute approximate surface area is 124 Å². The molecule has 0 fully saturated rings. The molecule has 2 N–H and O–H groups in total. The first-order valence-corrected chi connectivity index (χ1v) is 6.97. The third kappa shape index (κ3) is 3.63. The summed E-state index contributed by atoms with van der Waals surface area (Å²) in [5, 5.41) is 14.0. The van der Waals surface area contributed by atoms with Gasteiger partial charge in [-0.2, -0.15) is 0 Å². The highest BCUT2D eigenvalue weighted by Gasteiger charge is 2.13. The van der Waals surface area contributed by atoms with E-state index in [1.54, 1.807) is 6.07 Å². The number of nitrogens with zero attached hydrogens (tertiary/aromatic N) is 2. The molecule has 0 saturated carbocycles. The van der Waals surface area contributed by atoms with Gasteiger partial charge in [0.2, 0.25) is 5.89 Å². The summed E-state index contributed by atoms with van der Waals surface area (Å²) in [5.74, 6) is 0.239. The summed E-state index contributed by atoms with van der Waals surface area (Å²) in [4.78, 5) is 0. The minimum atomic E-state index is -0.276. The van der Waals surface area contributed by atoms with Crippen molar-refractivity contribution < 1.29 is 8.81 Å². The molecule has 1 unspecified atom stereocenters. The van der Waals surface area contributed by atoms with Crippen LogP contribution in [-0.2, 0) is 0 Å². The Balaban J connectivity index is 2.11. The van der Waals surface area contributed by atoms with Gasteiger partial charge >= 0.3 is 6.01 Å². The second kappa shape index (κ2) is 6.29. The standard InChI is InChI=1S/C12H14FIN4O/c1-3-15-7(2)11-17-18-12(19-11)16-10-5-4-8(13)6-9(10)14/h4-7,15H,3H2,1-2H3,(H,16,18). The van der Waals surface area contributed by atoms with Gasteiger partial charge in [-0.1, -0.05) is 12.0 Å². The second-order valence-corrected chi connectivity index (χ2v) is 5.14. The van der Waals surface area contributed by atoms with Crippen LogP contribution >= 0.6 is 22.6 Å². The molecule has 0 radical (unpaired) electrons. The van der Waals surface area contributed by atoms with Gasteiger partial charge in [-0.05, 0) is 54.3 Å². The molecule has 0 spiro atoms. The van der Waals surface area contributed by atoms with Crippen LogP contribution in [0.15, 0.2) is 22.6 Å². The van der Waals surface area contributed by atoms with E-state index in [1.807, 2.05) is 36.4 Å². The van der Waals surface area contributed by atoms with E-state index in [0.29, 0.717) is 11.9 Å². The van der Waals surface area contributed by atoms with E-state index in [9.17, 15) is 4.39 Å². The molecule has 1 aromatic carbocycles. The molecule has 1 aromatic heterocycles. The molecule has 102 valence electrons. The summed E-state index contributed by atoms with van der Waals surface area (Å²) in [6, 6.07) is 4.74. The lowest BCUT2D eigenvalue weighted by molar-refractivity contribution is 0.430. The van der Waals surface area contributed by atoms with E-state index >= 15 is 0 Å². The zero-order valence-electron chi connectivity index (χ0n) is 10.6. The number of rotatable bonds is 5. The van der Waals surface area contributed by atoms with Gasteiger partial charge in [-0.15, -0.1) is 5.10 Å². The van der Waals surface area contributed by atoms with E-state index in [2.05, 4.69) is 20.8 Å². The predicted molar refractivity (Wildman–Crippen MR) is 78.8 cm³/mol. The molecule has 1 atom stereocenters. The van der Waals surface area contributed by atoms with E-state index in [1.165, 1.54) is 12.1 Å². The van der Waals surface area contributed by atoms with Gasteiger partial charge < -0.3 is 15.1 Å². The van der Waals surface area contributed by atoms with Crippen molar-refractivity contribution in [1.82, 2.24) is 15.5 Å². The van der Waals surface area contributed by atoms with Gasteiger partial charge in [-0.25, -0.2) is 4.39 Å². The predicted octanol–water partition coefficient (Wildman–Crippen LogP) is 3.23. The van der Waals surface area contributed by atoms with Crippen LogP contribution < -0.4 is 10.6 Å². The third-order valence-electron chi connectivity index (χ3n) is 2.49. The highest BCUT2D eigenvalue weighted by atomic mass is 127. The Morgan fingerprint density at radius 2 is 2.21 bits per heavy atom. The van der Waals surface area contributed by atoms with E-state index in [-0.39, 0.29) is 11.9 Å². The lowest BCUT2D eigenvalue weighted by Crippen LogP contribution is -2.17. The average molecular weight is 376 g/mol. The number of benzene rings is 1. The molecule has 2 rings (SSSR count). The number of halogens is 2. The fourth-order valence-corrected chi connectivity index (χ4v) is 2.17. The quantitative estimate of drug-likeness (QED) is 0.785. The maximum atomic E-state index is 13.0. The van der Waals surface area contributed by atoms with Crippen LogP contribution in [0.3, 0.4) is 0 Å². The zero-order valence-corrected chi connectivity index (χ0v) is 12.7. The Morgan fingerprint density at radius 1 is 1.42 bits per heavy atom. The lowest BCUT2D eigenvalue weighted by Gasteiger charge is -2.06. The SMILES string of the molecule is CCNC(C)c1nnc(Nc2ccc(F)cc2I)o1. The Hall–Kier alpha value is -1.22. The minimum Gasteiger partial charge on any atom is -0.406 e. The first-order chi connectivity index (χ1) is 9.10. The van der Waals surface area contributed by atoms with Crippen molar-refractivity contribution in [2.24, 2.45) is 0 Å². The van der Waals surface area contributed by atoms with Gasteiger partial charge in [0.15, 0.2) is 0 Å². The number of nitrogens with one attached hydrogen (secondary N) is 2. The summed E-state index contributed by atoms with van der Waals surface area (Å²) in [5.41, 5.74) is 0.730. The van der Waals surface area contributed by atoms with Crippen LogP contribution in [0.4, 0.5) is 16.1 Å². The van der Waals surface area contributed by atoms with Gasteiger partial charge in [-0.3, -0.25) is 0 Å². The molecule has 0 aliphatic carbocycles. The summed E-state index contributed by atoms with van der Waals surface area (Å²) in [6.45, 7) is 4.78. The van der Waals surface area contributed by atoms with Crippen LogP contribution in [-0.4, -0.2) is 16.7 Å². The maximum Gasteiger partial charge on any atom is 0.320 e. The molecule has 0 aliphatic heterocycles. The minimum absolute atomic E-state index is 0.000315. The van der Waals surface area contributed by atoms with Gasteiger partial charge in [0.05, 0.1) is 11.7 Å². The van der Waals surface area contributed by atoms with Crippen molar-refractivity contribution in [2.45, 2.75) is 19.9 Å². The maximum absolute atomic E-state index is 13.0. The molecular formula is C12H14FIN4O. The Morgan fingerprint density at radius 3 is 2.89 bits per heavy atom. The largest absolute Gasteiger partial charge is 0.406 e. The molecule has 0 aliphatic rings. The summed E-state index contributed by atoms with van der Waals surface area (Å²) in [6.07, 6.45) is 0. The Kier molecular flexibility index (Phi) is 4.70. The van der Waals surface area contributed by atoms with Crippen molar-refractivity contribution in [3.05, 3.63) is 33.5 Å². The van der Waals surface area contributed by atoms with Gasteiger partial charge in [0.25, 0.3) is 0 Å². The summed E-state index contributed by atoms with van der Waals surface area (Å²) < 4.78 is 19.2. The van der Waals surface area contributed by atoms with Crippen LogP contribution in [0, 0.1) is 9.39 Å². The van der Waals surface area contributed by atoms with Crippen LogP contribution in [0.5, 0.6) is 0 Å². The van der Waals surface area contributed by atoms with Crippen molar-refractivity contribution in [3.63, 3.8) is 0 Å². The zero-order chi connectivity index (χ0) is 13.8. The van der Waals surface area contributed by atoms with Gasteiger partial charge in [0.1, 0.15) is 5.82 Å². The van der Waals surface area contributed by atoms with Crippen molar-refractivity contribution >= 4 is 34.3 Å². The van der Waals surface area contributed by atoms with Crippen molar-refractivity contribution in [3.8, 4) is 0 Å². The number of aromatic nitrogens is 2. The summed E-state index contributed by atoms with van der Waals surface area (Å²) >= 11 is 2.04. The average Bonchev–Trinajstić information content (AvgIpc) is 2.82. The second-order valence-electron chi connectivity index (χ2n) is 3.97. The number of anilines is 2. The highest BCUT2D eigenvalue weighted by Crippen LogP contribution is 2.23. The van der Waals surface area contributed by atoms with Crippen LogP contribution in [0.1, 0.15) is 25.8 Å². The smallest absolute Gasteiger partial charge is 0.320 e. The Bertz CT molecular complexity index is 560. The van der Waals surface area contributed by atoms with Crippen LogP contribution in [0.25, 0.3) is 0 Å². The molecule has 2 aromatic rings. The van der Waals surface area contributed by atoms with E-state index in [4.69, 9.17) is 4.42 Å². The molecular weight excluding hydrogens is 362 g/mol. The topological polar surface area (TPSA) is 63.0 Å². The van der Waals surface area contributed by atoms with Crippen LogP contribution in [0.2, 0.25) is 0 Å². The molecule has 7 heteroatoms. The highest BCUT2D eigenvalue weighted by molar-refractivity contribution is 14.1. The van der Waals surface area contributed by atoms with Crippen molar-refractivity contribution in [1.29, 1.82) is 0 Å². The fraction of sp³-hybridized carbons (Fsp3) is 0.333. The molecule has 1 heterocycles. The molecule has 0 saturated heterocycles. The molecule has 0 amide bonds. The normalized spacial score (nSPS) is 12.4. The number of hydrogen-bond donors (Lipinski definition) is 2. The molecule has 19 heavy (non-hydrogen) atoms. The number of hydrogen-bond acceptors (Lipinski definition) is 5. The van der Waals surface area contributed by atoms with Crippen molar-refractivity contribution in [2.75, 3.05) is 11.9 Å².